The van der Waals surface area contributed by atoms with Crippen LogP contribution in [0.3, 0.4) is 0 Å². The summed E-state index contributed by atoms with van der Waals surface area (Å²) in [4.78, 5) is 3.36. The zero-order valence-electron chi connectivity index (χ0n) is 11.3. The van der Waals surface area contributed by atoms with Crippen molar-refractivity contribution in [1.29, 1.82) is 0 Å². The Balaban J connectivity index is 1.72. The average Bonchev–Trinajstić information content (AvgIpc) is 2.71. The minimum absolute atomic E-state index is 0.394. The van der Waals surface area contributed by atoms with Crippen LogP contribution in [0.2, 0.25) is 0 Å². The summed E-state index contributed by atoms with van der Waals surface area (Å²) in [6.45, 7) is 4.65. The lowest BCUT2D eigenvalue weighted by atomic mass is 9.78. The second-order valence-corrected chi connectivity index (χ2v) is 6.02. The third kappa shape index (κ3) is 2.17. The first-order valence-electron chi connectivity index (χ1n) is 6.99. The molecule has 96 valence electrons. The Morgan fingerprint density at radius 3 is 2.83 bits per heavy atom. The second-order valence-electron chi connectivity index (χ2n) is 6.02. The summed E-state index contributed by atoms with van der Waals surface area (Å²) in [5.41, 5.74) is 3.06. The fraction of sp³-hybridized carbons (Fsp3) is 0.500. The van der Waals surface area contributed by atoms with Gasteiger partial charge in [0.1, 0.15) is 0 Å². The molecule has 2 heteroatoms. The highest BCUT2D eigenvalue weighted by Gasteiger charge is 2.32. The zero-order valence-corrected chi connectivity index (χ0v) is 11.3. The summed E-state index contributed by atoms with van der Waals surface area (Å²) in [5.74, 6) is 0. The third-order valence-electron chi connectivity index (χ3n) is 4.25. The second kappa shape index (κ2) is 4.43. The number of hydrogen-bond acceptors (Lipinski definition) is 1. The lowest BCUT2D eigenvalue weighted by Gasteiger charge is -2.41. The Morgan fingerprint density at radius 1 is 1.33 bits per heavy atom. The first-order valence-corrected chi connectivity index (χ1v) is 6.99. The van der Waals surface area contributed by atoms with Crippen LogP contribution >= 0.6 is 0 Å². The van der Waals surface area contributed by atoms with Gasteiger partial charge < -0.3 is 10.3 Å². The average molecular weight is 242 g/mol. The minimum atomic E-state index is 0.394. The number of H-pyrrole nitrogens is 1. The number of fused-ring (bicyclic) bond motifs is 1. The van der Waals surface area contributed by atoms with Gasteiger partial charge in [0.2, 0.25) is 0 Å². The van der Waals surface area contributed by atoms with E-state index in [9.17, 15) is 0 Å². The van der Waals surface area contributed by atoms with E-state index >= 15 is 0 Å². The fourth-order valence-electron chi connectivity index (χ4n) is 3.13. The van der Waals surface area contributed by atoms with Crippen LogP contribution < -0.4 is 5.32 Å². The standard InChI is InChI=1S/C16H22N2/c1-12(18-16(2)8-5-9-16)10-13-11-17-15-7-4-3-6-14(13)15/h3-4,6-7,11-12,17-18H,5,8-10H2,1-2H3/t12-/m1/s1. The molecule has 1 aromatic carbocycles. The van der Waals surface area contributed by atoms with Gasteiger partial charge in [0.15, 0.2) is 0 Å². The molecular weight excluding hydrogens is 220 g/mol. The molecular formula is C16H22N2. The van der Waals surface area contributed by atoms with Gasteiger partial charge in [-0.25, -0.2) is 0 Å². The molecule has 2 nitrogen and oxygen atoms in total. The summed E-state index contributed by atoms with van der Waals surface area (Å²) in [6.07, 6.45) is 7.28. The van der Waals surface area contributed by atoms with E-state index in [-0.39, 0.29) is 0 Å². The van der Waals surface area contributed by atoms with Crippen molar-refractivity contribution in [3.63, 3.8) is 0 Å². The smallest absolute Gasteiger partial charge is 0.0456 e. The number of nitrogens with one attached hydrogen (secondary N) is 2. The third-order valence-corrected chi connectivity index (χ3v) is 4.25. The van der Waals surface area contributed by atoms with Crippen LogP contribution in [0, 0.1) is 0 Å². The summed E-state index contributed by atoms with van der Waals surface area (Å²) < 4.78 is 0. The summed E-state index contributed by atoms with van der Waals surface area (Å²) in [6, 6.07) is 9.09. The molecule has 1 saturated carbocycles. The van der Waals surface area contributed by atoms with Gasteiger partial charge in [0.25, 0.3) is 0 Å². The van der Waals surface area contributed by atoms with Gasteiger partial charge in [0.05, 0.1) is 0 Å². The van der Waals surface area contributed by atoms with E-state index in [2.05, 4.69) is 54.6 Å². The molecule has 2 aromatic rings. The lowest BCUT2D eigenvalue weighted by molar-refractivity contribution is 0.189. The van der Waals surface area contributed by atoms with E-state index in [1.54, 1.807) is 0 Å². The van der Waals surface area contributed by atoms with E-state index in [4.69, 9.17) is 0 Å². The van der Waals surface area contributed by atoms with Gasteiger partial charge >= 0.3 is 0 Å². The van der Waals surface area contributed by atoms with Crippen LogP contribution in [-0.2, 0) is 6.42 Å². The first-order chi connectivity index (χ1) is 8.66. The molecule has 3 rings (SSSR count). The molecule has 0 unspecified atom stereocenters. The Kier molecular flexibility index (Phi) is 2.90. The molecule has 1 heterocycles. The van der Waals surface area contributed by atoms with Crippen LogP contribution in [0.4, 0.5) is 0 Å². The highest BCUT2D eigenvalue weighted by molar-refractivity contribution is 5.83. The van der Waals surface area contributed by atoms with Gasteiger partial charge in [-0.05, 0) is 51.2 Å². The van der Waals surface area contributed by atoms with E-state index in [0.717, 1.165) is 6.42 Å². The highest BCUT2D eigenvalue weighted by atomic mass is 15.0. The number of rotatable bonds is 4. The maximum Gasteiger partial charge on any atom is 0.0456 e. The number of hydrogen-bond donors (Lipinski definition) is 2. The van der Waals surface area contributed by atoms with E-state index in [1.165, 1.54) is 35.7 Å². The summed E-state index contributed by atoms with van der Waals surface area (Å²) in [5, 5.41) is 5.15. The molecule has 1 aliphatic rings. The number of para-hydroxylation sites is 1. The summed E-state index contributed by atoms with van der Waals surface area (Å²) >= 11 is 0. The first kappa shape index (κ1) is 11.8. The normalized spacial score (nSPS) is 19.7. The minimum Gasteiger partial charge on any atom is -0.361 e. The molecule has 2 N–H and O–H groups in total. The largest absolute Gasteiger partial charge is 0.361 e. The SMILES string of the molecule is C[C@H](Cc1c[nH]c2ccccc12)NC1(C)CCC1. The van der Waals surface area contributed by atoms with Gasteiger partial charge in [-0.15, -0.1) is 0 Å². The Labute approximate surface area is 109 Å². The Hall–Kier alpha value is -1.28. The van der Waals surface area contributed by atoms with Gasteiger partial charge in [-0.3, -0.25) is 0 Å². The van der Waals surface area contributed by atoms with Crippen molar-refractivity contribution in [2.45, 2.75) is 51.1 Å². The predicted octanol–water partition coefficient (Wildman–Crippen LogP) is 3.63. The lowest BCUT2D eigenvalue weighted by Crippen LogP contribution is -2.52. The van der Waals surface area contributed by atoms with Gasteiger partial charge in [0, 0.05) is 28.7 Å². The number of benzene rings is 1. The van der Waals surface area contributed by atoms with Crippen molar-refractivity contribution in [3.05, 3.63) is 36.0 Å². The van der Waals surface area contributed by atoms with Crippen LogP contribution in [0.1, 0.15) is 38.7 Å². The Morgan fingerprint density at radius 2 is 2.11 bits per heavy atom. The van der Waals surface area contributed by atoms with Crippen LogP contribution in [0.15, 0.2) is 30.5 Å². The molecule has 1 aliphatic carbocycles. The molecule has 0 saturated heterocycles. The van der Waals surface area contributed by atoms with Crippen molar-refractivity contribution in [2.24, 2.45) is 0 Å². The predicted molar refractivity (Wildman–Crippen MR) is 76.9 cm³/mol. The molecule has 1 atom stereocenters. The van der Waals surface area contributed by atoms with Crippen LogP contribution in [0.5, 0.6) is 0 Å². The quantitative estimate of drug-likeness (QED) is 0.842. The molecule has 18 heavy (non-hydrogen) atoms. The van der Waals surface area contributed by atoms with E-state index < -0.39 is 0 Å². The summed E-state index contributed by atoms with van der Waals surface area (Å²) in [7, 11) is 0. The monoisotopic (exact) mass is 242 g/mol. The van der Waals surface area contributed by atoms with Crippen molar-refractivity contribution < 1.29 is 0 Å². The van der Waals surface area contributed by atoms with Crippen molar-refractivity contribution >= 4 is 10.9 Å². The molecule has 0 radical (unpaired) electrons. The van der Waals surface area contributed by atoms with Gasteiger partial charge in [-0.2, -0.15) is 0 Å². The Bertz CT molecular complexity index is 537. The maximum absolute atomic E-state index is 3.78. The highest BCUT2D eigenvalue weighted by Crippen LogP contribution is 2.31. The zero-order chi connectivity index (χ0) is 12.6. The van der Waals surface area contributed by atoms with Crippen molar-refractivity contribution in [3.8, 4) is 0 Å². The topological polar surface area (TPSA) is 27.8 Å². The molecule has 0 amide bonds. The molecule has 0 aliphatic heterocycles. The van der Waals surface area contributed by atoms with Crippen LogP contribution in [0.25, 0.3) is 10.9 Å². The van der Waals surface area contributed by atoms with Crippen molar-refractivity contribution in [1.82, 2.24) is 10.3 Å². The molecule has 1 aromatic heterocycles. The van der Waals surface area contributed by atoms with E-state index in [0.29, 0.717) is 11.6 Å². The van der Waals surface area contributed by atoms with Crippen LogP contribution in [-0.4, -0.2) is 16.6 Å². The number of aromatic nitrogens is 1. The maximum atomic E-state index is 3.78. The van der Waals surface area contributed by atoms with E-state index in [1.807, 2.05) is 0 Å². The molecule has 0 spiro atoms. The van der Waals surface area contributed by atoms with Crippen molar-refractivity contribution in [2.75, 3.05) is 0 Å². The fourth-order valence-corrected chi connectivity index (χ4v) is 3.13. The molecule has 1 fully saturated rings. The number of aromatic amines is 1. The molecule has 0 bridgehead atoms. The van der Waals surface area contributed by atoms with Gasteiger partial charge in [-0.1, -0.05) is 18.2 Å².